The smallest absolute Gasteiger partial charge is 0.359 e. The van der Waals surface area contributed by atoms with Gasteiger partial charge < -0.3 is 9.47 Å². The fraction of sp³-hybridized carbons (Fsp3) is 0.400. The molecular formula is C15H17BrN2O4. The van der Waals surface area contributed by atoms with Crippen molar-refractivity contribution in [3.8, 4) is 0 Å². The van der Waals surface area contributed by atoms with Crippen molar-refractivity contribution in [2.75, 3.05) is 7.11 Å². The number of esters is 2. The largest absolute Gasteiger partial charge is 0.464 e. The van der Waals surface area contributed by atoms with Gasteiger partial charge in [-0.2, -0.15) is 5.10 Å². The standard InChI is InChI=1S/C15H17BrN2O4/c1-15(2,3)22-12(19)8-18-11-6-5-9(16)7-10(11)13(17-18)14(20)21-4/h5-7H,8H2,1-4H3. The monoisotopic (exact) mass is 368 g/mol. The van der Waals surface area contributed by atoms with E-state index >= 15 is 0 Å². The first kappa shape index (κ1) is 16.5. The van der Waals surface area contributed by atoms with E-state index in [9.17, 15) is 9.59 Å². The number of ether oxygens (including phenoxy) is 2. The minimum atomic E-state index is -0.575. The molecule has 0 spiro atoms. The van der Waals surface area contributed by atoms with Crippen LogP contribution in [0.3, 0.4) is 0 Å². The highest BCUT2D eigenvalue weighted by molar-refractivity contribution is 9.10. The number of rotatable bonds is 3. The molecule has 1 aromatic carbocycles. The summed E-state index contributed by atoms with van der Waals surface area (Å²) in [6.07, 6.45) is 0. The number of carbonyl (C=O) groups is 2. The molecule has 0 saturated heterocycles. The Bertz CT molecular complexity index is 731. The third kappa shape index (κ3) is 3.65. The number of carbonyl (C=O) groups excluding carboxylic acids is 2. The molecule has 1 aromatic heterocycles. The maximum Gasteiger partial charge on any atom is 0.359 e. The highest BCUT2D eigenvalue weighted by atomic mass is 79.9. The predicted molar refractivity (Wildman–Crippen MR) is 84.6 cm³/mol. The molecule has 0 bridgehead atoms. The van der Waals surface area contributed by atoms with Crippen LogP contribution in [0, 0.1) is 0 Å². The minimum Gasteiger partial charge on any atom is -0.464 e. The predicted octanol–water partition coefficient (Wildman–Crippen LogP) is 2.93. The molecule has 22 heavy (non-hydrogen) atoms. The molecular weight excluding hydrogens is 352 g/mol. The van der Waals surface area contributed by atoms with Gasteiger partial charge in [0, 0.05) is 9.86 Å². The van der Waals surface area contributed by atoms with Gasteiger partial charge in [-0.25, -0.2) is 4.79 Å². The molecule has 0 saturated carbocycles. The Kier molecular flexibility index (Phi) is 4.55. The minimum absolute atomic E-state index is 0.0770. The summed E-state index contributed by atoms with van der Waals surface area (Å²) < 4.78 is 12.3. The molecule has 7 heteroatoms. The quantitative estimate of drug-likeness (QED) is 0.778. The van der Waals surface area contributed by atoms with Crippen molar-refractivity contribution < 1.29 is 19.1 Å². The lowest BCUT2D eigenvalue weighted by Crippen LogP contribution is -2.26. The lowest BCUT2D eigenvalue weighted by atomic mass is 10.2. The van der Waals surface area contributed by atoms with E-state index in [2.05, 4.69) is 21.0 Å². The number of hydrogen-bond donors (Lipinski definition) is 0. The van der Waals surface area contributed by atoms with Crippen LogP contribution in [0.5, 0.6) is 0 Å². The van der Waals surface area contributed by atoms with E-state index in [1.54, 1.807) is 32.9 Å². The second-order valence-corrected chi connectivity index (χ2v) is 6.66. The molecule has 0 radical (unpaired) electrons. The number of benzene rings is 1. The summed E-state index contributed by atoms with van der Waals surface area (Å²) in [5.41, 5.74) is 0.255. The average molecular weight is 369 g/mol. The first-order valence-electron chi connectivity index (χ1n) is 6.67. The topological polar surface area (TPSA) is 70.4 Å². The Morgan fingerprint density at radius 3 is 2.59 bits per heavy atom. The summed E-state index contributed by atoms with van der Waals surface area (Å²) in [6, 6.07) is 5.36. The molecule has 2 aromatic rings. The van der Waals surface area contributed by atoms with Gasteiger partial charge >= 0.3 is 11.9 Å². The molecule has 0 N–H and O–H groups in total. The molecule has 0 atom stereocenters. The van der Waals surface area contributed by atoms with Crippen LogP contribution in [-0.4, -0.2) is 34.4 Å². The molecule has 0 aliphatic rings. The van der Waals surface area contributed by atoms with Crippen LogP contribution in [0.2, 0.25) is 0 Å². The van der Waals surface area contributed by atoms with Crippen molar-refractivity contribution in [2.24, 2.45) is 0 Å². The summed E-state index contributed by atoms with van der Waals surface area (Å²) >= 11 is 3.36. The van der Waals surface area contributed by atoms with E-state index in [-0.39, 0.29) is 12.2 Å². The lowest BCUT2D eigenvalue weighted by molar-refractivity contribution is -0.155. The first-order valence-corrected chi connectivity index (χ1v) is 7.47. The lowest BCUT2D eigenvalue weighted by Gasteiger charge is -2.19. The van der Waals surface area contributed by atoms with Crippen LogP contribution in [0.25, 0.3) is 10.9 Å². The molecule has 0 aliphatic carbocycles. The third-order valence-corrected chi connectivity index (χ3v) is 3.28. The molecule has 0 unspecified atom stereocenters. The number of nitrogens with zero attached hydrogens (tertiary/aromatic N) is 2. The Morgan fingerprint density at radius 1 is 1.32 bits per heavy atom. The van der Waals surface area contributed by atoms with Crippen LogP contribution in [0.4, 0.5) is 0 Å². The molecule has 6 nitrogen and oxygen atoms in total. The molecule has 0 amide bonds. The number of aromatic nitrogens is 2. The normalized spacial score (nSPS) is 11.5. The van der Waals surface area contributed by atoms with Crippen molar-refractivity contribution in [1.29, 1.82) is 0 Å². The van der Waals surface area contributed by atoms with Crippen molar-refractivity contribution in [2.45, 2.75) is 32.9 Å². The van der Waals surface area contributed by atoms with Gasteiger partial charge in [-0.15, -0.1) is 0 Å². The Hall–Kier alpha value is -1.89. The van der Waals surface area contributed by atoms with Gasteiger partial charge in [0.1, 0.15) is 12.1 Å². The second-order valence-electron chi connectivity index (χ2n) is 5.75. The molecule has 118 valence electrons. The zero-order chi connectivity index (χ0) is 16.5. The molecule has 2 rings (SSSR count). The van der Waals surface area contributed by atoms with Crippen molar-refractivity contribution in [3.63, 3.8) is 0 Å². The van der Waals surface area contributed by atoms with E-state index in [1.807, 2.05) is 6.07 Å². The summed E-state index contributed by atoms with van der Waals surface area (Å²) in [5.74, 6) is -0.970. The van der Waals surface area contributed by atoms with Gasteiger partial charge in [0.2, 0.25) is 0 Å². The van der Waals surface area contributed by atoms with Crippen LogP contribution in [-0.2, 0) is 20.8 Å². The SMILES string of the molecule is COC(=O)c1nn(CC(=O)OC(C)(C)C)c2ccc(Br)cc12. The van der Waals surface area contributed by atoms with Crippen LogP contribution >= 0.6 is 15.9 Å². The van der Waals surface area contributed by atoms with E-state index in [0.717, 1.165) is 4.47 Å². The van der Waals surface area contributed by atoms with Gasteiger partial charge in [0.15, 0.2) is 5.69 Å². The summed E-state index contributed by atoms with van der Waals surface area (Å²) in [4.78, 5) is 23.8. The highest BCUT2D eigenvalue weighted by Crippen LogP contribution is 2.24. The van der Waals surface area contributed by atoms with Crippen molar-refractivity contribution in [1.82, 2.24) is 9.78 Å². The van der Waals surface area contributed by atoms with Crippen LogP contribution in [0.1, 0.15) is 31.3 Å². The molecule has 0 fully saturated rings. The van der Waals surface area contributed by atoms with E-state index in [4.69, 9.17) is 9.47 Å². The fourth-order valence-corrected chi connectivity index (χ4v) is 2.38. The maximum absolute atomic E-state index is 12.0. The highest BCUT2D eigenvalue weighted by Gasteiger charge is 2.21. The van der Waals surface area contributed by atoms with Crippen LogP contribution in [0.15, 0.2) is 22.7 Å². The number of hydrogen-bond acceptors (Lipinski definition) is 5. The van der Waals surface area contributed by atoms with Crippen molar-refractivity contribution >= 4 is 38.8 Å². The van der Waals surface area contributed by atoms with Crippen LogP contribution < -0.4 is 0 Å². The zero-order valence-electron chi connectivity index (χ0n) is 12.8. The molecule has 0 aliphatic heterocycles. The summed E-state index contributed by atoms with van der Waals surface area (Å²) in [5, 5.41) is 4.81. The first-order chi connectivity index (χ1) is 10.2. The van der Waals surface area contributed by atoms with E-state index < -0.39 is 17.5 Å². The van der Waals surface area contributed by atoms with Gasteiger partial charge in [0.25, 0.3) is 0 Å². The van der Waals surface area contributed by atoms with E-state index in [0.29, 0.717) is 10.9 Å². The zero-order valence-corrected chi connectivity index (χ0v) is 14.4. The van der Waals surface area contributed by atoms with Gasteiger partial charge in [-0.1, -0.05) is 15.9 Å². The van der Waals surface area contributed by atoms with Crippen molar-refractivity contribution in [3.05, 3.63) is 28.4 Å². The summed E-state index contributed by atoms with van der Waals surface area (Å²) in [7, 11) is 1.29. The van der Waals surface area contributed by atoms with Gasteiger partial charge in [0.05, 0.1) is 12.6 Å². The molecule has 1 heterocycles. The number of halogens is 1. The Labute approximate surface area is 136 Å². The number of fused-ring (bicyclic) bond motifs is 1. The Balaban J connectivity index is 2.42. The van der Waals surface area contributed by atoms with E-state index in [1.165, 1.54) is 11.8 Å². The maximum atomic E-state index is 12.0. The summed E-state index contributed by atoms with van der Waals surface area (Å²) in [6.45, 7) is 5.31. The van der Waals surface area contributed by atoms with Gasteiger partial charge in [-0.3, -0.25) is 9.48 Å². The number of methoxy groups -OCH3 is 1. The third-order valence-electron chi connectivity index (χ3n) is 2.79. The second kappa shape index (κ2) is 6.08. The fourth-order valence-electron chi connectivity index (χ4n) is 2.02. The average Bonchev–Trinajstić information content (AvgIpc) is 2.73. The Morgan fingerprint density at radius 2 is 2.00 bits per heavy atom. The van der Waals surface area contributed by atoms with Gasteiger partial charge in [-0.05, 0) is 39.0 Å².